The Morgan fingerprint density at radius 2 is 1.79 bits per heavy atom. The quantitative estimate of drug-likeness (QED) is 0.600. The van der Waals surface area contributed by atoms with Gasteiger partial charge in [0.1, 0.15) is 6.04 Å². The van der Waals surface area contributed by atoms with Crippen molar-refractivity contribution in [2.24, 2.45) is 5.92 Å². The van der Waals surface area contributed by atoms with E-state index in [-0.39, 0.29) is 17.9 Å². The minimum Gasteiger partial charge on any atom is -0.493 e. The van der Waals surface area contributed by atoms with Crippen LogP contribution in [0.4, 0.5) is 0 Å². The van der Waals surface area contributed by atoms with Crippen LogP contribution >= 0.6 is 0 Å². The Labute approximate surface area is 194 Å². The van der Waals surface area contributed by atoms with E-state index in [0.29, 0.717) is 23.5 Å². The second-order valence-corrected chi connectivity index (χ2v) is 7.94. The molecule has 2 amide bonds. The second kappa shape index (κ2) is 11.7. The number of nitrogens with zero attached hydrogens (tertiary/aromatic N) is 1. The van der Waals surface area contributed by atoms with Gasteiger partial charge < -0.3 is 20.1 Å². The fourth-order valence-corrected chi connectivity index (χ4v) is 4.06. The number of methoxy groups -OCH3 is 2. The molecule has 7 heteroatoms. The molecule has 1 fully saturated rings. The SMILES string of the molecule is COc1ccc([C@@H](C#N)NC(=O)[C@@H]2CCCC[C@@H]2NC(=O)/C=C\c2ccccc2)cc1OC. The van der Waals surface area contributed by atoms with E-state index in [1.165, 1.54) is 20.3 Å². The predicted molar refractivity (Wildman–Crippen MR) is 125 cm³/mol. The largest absolute Gasteiger partial charge is 0.493 e. The molecule has 2 aromatic carbocycles. The predicted octanol–water partition coefficient (Wildman–Crippen LogP) is 3.77. The van der Waals surface area contributed by atoms with Gasteiger partial charge in [-0.1, -0.05) is 49.2 Å². The van der Waals surface area contributed by atoms with Gasteiger partial charge in [-0.25, -0.2) is 0 Å². The monoisotopic (exact) mass is 447 g/mol. The molecule has 0 aliphatic heterocycles. The average molecular weight is 448 g/mol. The van der Waals surface area contributed by atoms with Crippen molar-refractivity contribution in [3.05, 3.63) is 65.7 Å². The standard InChI is InChI=1S/C26H29N3O4/c1-32-23-14-13-19(16-24(23)33-2)22(17-27)29-26(31)20-10-6-7-11-21(20)28-25(30)15-12-18-8-4-3-5-9-18/h3-5,8-9,12-16,20-22H,6-7,10-11H2,1-2H3,(H,28,30)(H,29,31)/b15-12-/t20-,21+,22-/m1/s1. The summed E-state index contributed by atoms with van der Waals surface area (Å²) in [5.74, 6) is 0.151. The summed E-state index contributed by atoms with van der Waals surface area (Å²) >= 11 is 0. The van der Waals surface area contributed by atoms with E-state index < -0.39 is 12.0 Å². The highest BCUT2D eigenvalue weighted by Gasteiger charge is 2.33. The molecule has 3 rings (SSSR count). The zero-order chi connectivity index (χ0) is 23.6. The Hall–Kier alpha value is -3.79. The number of carbonyl (C=O) groups is 2. The number of ether oxygens (including phenoxy) is 2. The molecular formula is C26H29N3O4. The number of hydrogen-bond donors (Lipinski definition) is 2. The first-order chi connectivity index (χ1) is 16.0. The van der Waals surface area contributed by atoms with Gasteiger partial charge in [0, 0.05) is 12.1 Å². The molecule has 2 aromatic rings. The maximum atomic E-state index is 13.1. The molecule has 7 nitrogen and oxygen atoms in total. The molecule has 0 saturated heterocycles. The van der Waals surface area contributed by atoms with Crippen LogP contribution in [0.25, 0.3) is 6.08 Å². The van der Waals surface area contributed by atoms with Crippen molar-refractivity contribution in [3.8, 4) is 17.6 Å². The molecule has 0 bridgehead atoms. The topological polar surface area (TPSA) is 100 Å². The Bertz CT molecular complexity index is 1030. The van der Waals surface area contributed by atoms with E-state index in [0.717, 1.165) is 24.8 Å². The number of benzene rings is 2. The van der Waals surface area contributed by atoms with Crippen LogP contribution in [0.5, 0.6) is 11.5 Å². The molecular weight excluding hydrogens is 418 g/mol. The van der Waals surface area contributed by atoms with Crippen molar-refractivity contribution >= 4 is 17.9 Å². The summed E-state index contributed by atoms with van der Waals surface area (Å²) in [7, 11) is 3.05. The zero-order valence-corrected chi connectivity index (χ0v) is 18.9. The van der Waals surface area contributed by atoms with Gasteiger partial charge in [0.2, 0.25) is 11.8 Å². The van der Waals surface area contributed by atoms with Gasteiger partial charge in [-0.2, -0.15) is 5.26 Å². The molecule has 0 radical (unpaired) electrons. The highest BCUT2D eigenvalue weighted by atomic mass is 16.5. The first-order valence-electron chi connectivity index (χ1n) is 11.0. The molecule has 172 valence electrons. The van der Waals surface area contributed by atoms with Crippen LogP contribution in [0, 0.1) is 17.2 Å². The van der Waals surface area contributed by atoms with Gasteiger partial charge in [0.15, 0.2) is 11.5 Å². The van der Waals surface area contributed by atoms with E-state index in [9.17, 15) is 14.9 Å². The summed E-state index contributed by atoms with van der Waals surface area (Å²) < 4.78 is 10.5. The Kier molecular flexibility index (Phi) is 8.48. The number of hydrogen-bond acceptors (Lipinski definition) is 5. The Morgan fingerprint density at radius 1 is 1.06 bits per heavy atom. The first-order valence-corrected chi connectivity index (χ1v) is 11.0. The molecule has 33 heavy (non-hydrogen) atoms. The normalized spacial score (nSPS) is 18.7. The molecule has 0 aromatic heterocycles. The number of amides is 2. The molecule has 1 aliphatic carbocycles. The van der Waals surface area contributed by atoms with Crippen molar-refractivity contribution in [1.29, 1.82) is 5.26 Å². The first kappa shape index (κ1) is 23.9. The van der Waals surface area contributed by atoms with E-state index in [2.05, 4.69) is 16.7 Å². The summed E-state index contributed by atoms with van der Waals surface area (Å²) in [5, 5.41) is 15.5. The van der Waals surface area contributed by atoms with Gasteiger partial charge in [-0.15, -0.1) is 0 Å². The van der Waals surface area contributed by atoms with E-state index in [1.807, 2.05) is 30.3 Å². The van der Waals surface area contributed by atoms with Crippen molar-refractivity contribution in [2.45, 2.75) is 37.8 Å². The molecule has 0 spiro atoms. The van der Waals surface area contributed by atoms with Crippen LogP contribution in [0.15, 0.2) is 54.6 Å². The van der Waals surface area contributed by atoms with Crippen LogP contribution < -0.4 is 20.1 Å². The molecule has 0 heterocycles. The van der Waals surface area contributed by atoms with Gasteiger partial charge in [-0.3, -0.25) is 9.59 Å². The second-order valence-electron chi connectivity index (χ2n) is 7.94. The van der Waals surface area contributed by atoms with Crippen LogP contribution in [-0.2, 0) is 9.59 Å². The fraction of sp³-hybridized carbons (Fsp3) is 0.346. The third kappa shape index (κ3) is 6.36. The number of rotatable bonds is 8. The highest BCUT2D eigenvalue weighted by molar-refractivity contribution is 5.92. The third-order valence-corrected chi connectivity index (χ3v) is 5.81. The van der Waals surface area contributed by atoms with Crippen molar-refractivity contribution in [2.75, 3.05) is 14.2 Å². The number of nitriles is 1. The third-order valence-electron chi connectivity index (χ3n) is 5.81. The van der Waals surface area contributed by atoms with Gasteiger partial charge in [0.25, 0.3) is 0 Å². The lowest BCUT2D eigenvalue weighted by Crippen LogP contribution is -2.48. The Morgan fingerprint density at radius 3 is 2.48 bits per heavy atom. The summed E-state index contributed by atoms with van der Waals surface area (Å²) in [6, 6.07) is 15.7. The van der Waals surface area contributed by atoms with Gasteiger partial charge in [0.05, 0.1) is 26.2 Å². The van der Waals surface area contributed by atoms with E-state index >= 15 is 0 Å². The lowest BCUT2D eigenvalue weighted by atomic mass is 9.83. The Balaban J connectivity index is 1.67. The average Bonchev–Trinajstić information content (AvgIpc) is 2.86. The van der Waals surface area contributed by atoms with Crippen LogP contribution in [0.2, 0.25) is 0 Å². The van der Waals surface area contributed by atoms with Gasteiger partial charge in [-0.05, 0) is 42.2 Å². The molecule has 1 aliphatic rings. The molecule has 0 unspecified atom stereocenters. The summed E-state index contributed by atoms with van der Waals surface area (Å²) in [4.78, 5) is 25.6. The minimum absolute atomic E-state index is 0.236. The lowest BCUT2D eigenvalue weighted by molar-refractivity contribution is -0.128. The molecule has 1 saturated carbocycles. The fourth-order valence-electron chi connectivity index (χ4n) is 4.06. The molecule has 3 atom stereocenters. The zero-order valence-electron chi connectivity index (χ0n) is 18.9. The van der Waals surface area contributed by atoms with E-state index in [4.69, 9.17) is 9.47 Å². The maximum absolute atomic E-state index is 13.1. The summed E-state index contributed by atoms with van der Waals surface area (Å²) in [6.07, 6.45) is 6.45. The number of nitrogens with one attached hydrogen (secondary N) is 2. The minimum atomic E-state index is -0.839. The summed E-state index contributed by atoms with van der Waals surface area (Å²) in [6.45, 7) is 0. The lowest BCUT2D eigenvalue weighted by Gasteiger charge is -2.31. The smallest absolute Gasteiger partial charge is 0.244 e. The van der Waals surface area contributed by atoms with E-state index in [1.54, 1.807) is 24.3 Å². The maximum Gasteiger partial charge on any atom is 0.244 e. The highest BCUT2D eigenvalue weighted by Crippen LogP contribution is 2.31. The van der Waals surface area contributed by atoms with Crippen LogP contribution in [0.3, 0.4) is 0 Å². The van der Waals surface area contributed by atoms with Crippen molar-refractivity contribution < 1.29 is 19.1 Å². The van der Waals surface area contributed by atoms with Crippen LogP contribution in [-0.4, -0.2) is 32.1 Å². The van der Waals surface area contributed by atoms with Crippen molar-refractivity contribution in [3.63, 3.8) is 0 Å². The number of carbonyl (C=O) groups excluding carboxylic acids is 2. The van der Waals surface area contributed by atoms with Crippen LogP contribution in [0.1, 0.15) is 42.9 Å². The van der Waals surface area contributed by atoms with Gasteiger partial charge >= 0.3 is 0 Å². The van der Waals surface area contributed by atoms with Crippen molar-refractivity contribution in [1.82, 2.24) is 10.6 Å². The summed E-state index contributed by atoms with van der Waals surface area (Å²) in [5.41, 5.74) is 1.53. The molecule has 2 N–H and O–H groups in total.